The van der Waals surface area contributed by atoms with E-state index in [2.05, 4.69) is 11.9 Å². The molecular weight excluding hydrogens is 849 g/mol. The number of nitrogens with one attached hydrogen (secondary N) is 1. The molecule has 0 saturated carbocycles. The van der Waals surface area contributed by atoms with Crippen molar-refractivity contribution < 1.29 is 52.2 Å². The number of amides is 1. The van der Waals surface area contributed by atoms with Crippen molar-refractivity contribution in [2.45, 2.75) is 98.2 Å². The SMILES string of the molecule is C=CCO[C@H]1O[C@@H]2COC(c3ccccc3)O[C@H]2[C@H](OC2O[C@@H](C)[C@H](OCc3ccccc3)[C@@H](OCc3ccccc3)[C@H]2OCc2ccccc2)[C@H]1NC(=O)OCC(Cl)(Cl)Cl. The fourth-order valence-corrected chi connectivity index (χ4v) is 7.59. The molecule has 326 valence electrons. The summed E-state index contributed by atoms with van der Waals surface area (Å²) in [6.45, 7) is 6.08. The average molecular weight is 899 g/mol. The third kappa shape index (κ3) is 12.8. The number of carbonyl (C=O) groups excluding carboxylic acids is 1. The van der Waals surface area contributed by atoms with Crippen LogP contribution < -0.4 is 5.32 Å². The number of carbonyl (C=O) groups is 1. The van der Waals surface area contributed by atoms with Gasteiger partial charge in [-0.05, 0) is 23.6 Å². The van der Waals surface area contributed by atoms with E-state index >= 15 is 0 Å². The van der Waals surface area contributed by atoms with Crippen LogP contribution in [0.25, 0.3) is 0 Å². The Morgan fingerprint density at radius 1 is 0.705 bits per heavy atom. The minimum atomic E-state index is -1.86. The van der Waals surface area contributed by atoms with E-state index in [1.807, 2.05) is 128 Å². The van der Waals surface area contributed by atoms with Crippen LogP contribution in [0, 0.1) is 0 Å². The molecule has 3 saturated heterocycles. The summed E-state index contributed by atoms with van der Waals surface area (Å²) in [4.78, 5) is 13.5. The molecule has 61 heavy (non-hydrogen) atoms. The van der Waals surface area contributed by atoms with Gasteiger partial charge in [0.1, 0.15) is 49.3 Å². The van der Waals surface area contributed by atoms with E-state index in [4.69, 9.17) is 82.2 Å². The molecule has 0 radical (unpaired) electrons. The van der Waals surface area contributed by atoms with E-state index < -0.39 is 84.1 Å². The predicted octanol–water partition coefficient (Wildman–Crippen LogP) is 8.38. The molecular formula is C46H50Cl3NO11. The lowest BCUT2D eigenvalue weighted by molar-refractivity contribution is -0.381. The van der Waals surface area contributed by atoms with Gasteiger partial charge < -0.3 is 52.7 Å². The Balaban J connectivity index is 1.25. The van der Waals surface area contributed by atoms with Gasteiger partial charge in [0, 0.05) is 5.56 Å². The molecule has 2 unspecified atom stereocenters. The quantitative estimate of drug-likeness (QED) is 0.0813. The molecule has 1 N–H and O–H groups in total. The minimum absolute atomic E-state index is 0.0696. The summed E-state index contributed by atoms with van der Waals surface area (Å²) in [6, 6.07) is 37.9. The summed E-state index contributed by atoms with van der Waals surface area (Å²) in [5, 5.41) is 2.85. The number of fused-ring (bicyclic) bond motifs is 1. The number of hydrogen-bond acceptors (Lipinski definition) is 11. The lowest BCUT2D eigenvalue weighted by Gasteiger charge is -2.51. The van der Waals surface area contributed by atoms with Crippen LogP contribution in [0.2, 0.25) is 0 Å². The van der Waals surface area contributed by atoms with Gasteiger partial charge in [-0.25, -0.2) is 4.79 Å². The van der Waals surface area contributed by atoms with Crippen LogP contribution in [0.15, 0.2) is 134 Å². The second-order valence-corrected chi connectivity index (χ2v) is 17.3. The number of hydrogen-bond donors (Lipinski definition) is 1. The fraction of sp³-hybridized carbons (Fsp3) is 0.413. The highest BCUT2D eigenvalue weighted by Crippen LogP contribution is 2.39. The van der Waals surface area contributed by atoms with Gasteiger partial charge in [-0.15, -0.1) is 6.58 Å². The summed E-state index contributed by atoms with van der Waals surface area (Å²) in [5.41, 5.74) is 3.63. The molecule has 0 aliphatic carbocycles. The lowest BCUT2D eigenvalue weighted by atomic mass is 9.94. The second-order valence-electron chi connectivity index (χ2n) is 14.8. The molecule has 3 aliphatic heterocycles. The Kier molecular flexibility index (Phi) is 16.5. The minimum Gasteiger partial charge on any atom is -0.445 e. The molecule has 0 bridgehead atoms. The molecule has 4 aromatic carbocycles. The Morgan fingerprint density at radius 2 is 1.25 bits per heavy atom. The van der Waals surface area contributed by atoms with Gasteiger partial charge in [0.05, 0.1) is 39.1 Å². The monoisotopic (exact) mass is 897 g/mol. The van der Waals surface area contributed by atoms with Gasteiger partial charge in [-0.3, -0.25) is 0 Å². The van der Waals surface area contributed by atoms with Crippen molar-refractivity contribution in [2.24, 2.45) is 0 Å². The van der Waals surface area contributed by atoms with Gasteiger partial charge in [0.15, 0.2) is 18.9 Å². The van der Waals surface area contributed by atoms with Crippen molar-refractivity contribution in [2.75, 3.05) is 19.8 Å². The van der Waals surface area contributed by atoms with Crippen LogP contribution in [0.3, 0.4) is 0 Å². The van der Waals surface area contributed by atoms with E-state index in [9.17, 15) is 4.79 Å². The molecule has 11 atom stereocenters. The number of benzene rings is 4. The first-order chi connectivity index (χ1) is 29.6. The van der Waals surface area contributed by atoms with Crippen molar-refractivity contribution >= 4 is 40.9 Å². The average Bonchev–Trinajstić information content (AvgIpc) is 3.28. The number of alkyl carbamates (subject to hydrolysis) is 1. The first kappa shape index (κ1) is 45.4. The third-order valence-corrected chi connectivity index (χ3v) is 10.6. The number of ether oxygens (including phenoxy) is 10. The molecule has 4 aromatic rings. The summed E-state index contributed by atoms with van der Waals surface area (Å²) in [5.74, 6) is 0. The van der Waals surface area contributed by atoms with Crippen LogP contribution >= 0.6 is 34.8 Å². The summed E-state index contributed by atoms with van der Waals surface area (Å²) in [7, 11) is 0. The van der Waals surface area contributed by atoms with E-state index in [1.54, 1.807) is 6.08 Å². The number of alkyl halides is 3. The molecule has 0 aromatic heterocycles. The zero-order chi connectivity index (χ0) is 42.6. The standard InChI is InChI=1S/C46H50Cl3NO11/c1-3-24-52-43-36(50-45(51)57-29-46(47,48)49)39(38-35(59-43)28-56-42(60-38)34-22-14-7-15-23-34)61-44-41(55-27-33-20-12-6-13-21-33)40(54-26-32-18-10-5-11-19-32)37(30(2)58-44)53-25-31-16-8-4-9-17-31/h3-23,30,35-44H,1,24-29H2,2H3,(H,50,51)/t30-,35+,36+,37-,38+,39+,40+,41+,42?,43-,44?/m0/s1. The molecule has 1 amide bonds. The van der Waals surface area contributed by atoms with Crippen LogP contribution in [0.4, 0.5) is 4.79 Å². The summed E-state index contributed by atoms with van der Waals surface area (Å²) >= 11 is 17.8. The van der Waals surface area contributed by atoms with Crippen molar-refractivity contribution in [3.63, 3.8) is 0 Å². The predicted molar refractivity (Wildman–Crippen MR) is 228 cm³/mol. The zero-order valence-corrected chi connectivity index (χ0v) is 35.8. The summed E-state index contributed by atoms with van der Waals surface area (Å²) < 4.78 is 63.1. The Hall–Kier alpha value is -3.60. The second kappa shape index (κ2) is 22.2. The van der Waals surface area contributed by atoms with Gasteiger partial charge in [-0.2, -0.15) is 0 Å². The van der Waals surface area contributed by atoms with E-state index in [1.165, 1.54) is 0 Å². The molecule has 3 heterocycles. The van der Waals surface area contributed by atoms with Crippen molar-refractivity contribution in [1.29, 1.82) is 0 Å². The maximum Gasteiger partial charge on any atom is 0.407 e. The third-order valence-electron chi connectivity index (χ3n) is 10.3. The first-order valence-corrected chi connectivity index (χ1v) is 21.3. The van der Waals surface area contributed by atoms with Gasteiger partial charge in [-0.1, -0.05) is 162 Å². The van der Waals surface area contributed by atoms with E-state index in [0.717, 1.165) is 22.3 Å². The first-order valence-electron chi connectivity index (χ1n) is 20.1. The number of rotatable bonds is 17. The Morgan fingerprint density at radius 3 is 1.80 bits per heavy atom. The smallest absolute Gasteiger partial charge is 0.407 e. The Bertz CT molecular complexity index is 1930. The van der Waals surface area contributed by atoms with Gasteiger partial charge >= 0.3 is 6.09 Å². The molecule has 3 fully saturated rings. The van der Waals surface area contributed by atoms with E-state index in [0.29, 0.717) is 6.61 Å². The highest BCUT2D eigenvalue weighted by molar-refractivity contribution is 6.67. The molecule has 3 aliphatic rings. The fourth-order valence-electron chi connectivity index (χ4n) is 7.43. The van der Waals surface area contributed by atoms with Crippen LogP contribution in [-0.4, -0.2) is 91.1 Å². The topological polar surface area (TPSA) is 121 Å². The zero-order valence-electron chi connectivity index (χ0n) is 33.5. The Labute approximate surface area is 371 Å². The van der Waals surface area contributed by atoms with Crippen LogP contribution in [0.1, 0.15) is 35.5 Å². The number of halogens is 3. The van der Waals surface area contributed by atoms with Crippen molar-refractivity contribution in [1.82, 2.24) is 5.32 Å². The highest BCUT2D eigenvalue weighted by Gasteiger charge is 2.55. The molecule has 15 heteroatoms. The highest BCUT2D eigenvalue weighted by atomic mass is 35.6. The molecule has 12 nitrogen and oxygen atoms in total. The normalized spacial score (nSPS) is 29.0. The summed E-state index contributed by atoms with van der Waals surface area (Å²) in [6.07, 6.45) is -7.80. The van der Waals surface area contributed by atoms with Crippen molar-refractivity contribution in [3.8, 4) is 0 Å². The maximum absolute atomic E-state index is 13.5. The largest absolute Gasteiger partial charge is 0.445 e. The lowest BCUT2D eigenvalue weighted by Crippen LogP contribution is -2.69. The maximum atomic E-state index is 13.5. The molecule has 7 rings (SSSR count). The van der Waals surface area contributed by atoms with Gasteiger partial charge in [0.25, 0.3) is 0 Å². The molecule has 0 spiro atoms. The van der Waals surface area contributed by atoms with Crippen LogP contribution in [-0.2, 0) is 67.2 Å². The van der Waals surface area contributed by atoms with Gasteiger partial charge in [0.2, 0.25) is 3.79 Å². The van der Waals surface area contributed by atoms with Crippen molar-refractivity contribution in [3.05, 3.63) is 156 Å². The van der Waals surface area contributed by atoms with Crippen LogP contribution in [0.5, 0.6) is 0 Å². The van der Waals surface area contributed by atoms with E-state index in [-0.39, 0.29) is 26.4 Å².